The lowest BCUT2D eigenvalue weighted by molar-refractivity contribution is 0.0497. The summed E-state index contributed by atoms with van der Waals surface area (Å²) in [6, 6.07) is 0. The minimum atomic E-state index is -0.335. The third kappa shape index (κ3) is 3.94. The van der Waals surface area contributed by atoms with E-state index < -0.39 is 0 Å². The second kappa shape index (κ2) is 7.41. The Kier molecular flexibility index (Phi) is 5.56. The van der Waals surface area contributed by atoms with Crippen LogP contribution in [0.2, 0.25) is 0 Å². The van der Waals surface area contributed by atoms with Gasteiger partial charge >= 0.3 is 5.97 Å². The molecule has 0 fully saturated rings. The molecule has 116 valence electrons. The van der Waals surface area contributed by atoms with Gasteiger partial charge in [-0.3, -0.25) is 4.68 Å². The van der Waals surface area contributed by atoms with Crippen molar-refractivity contribution in [1.29, 1.82) is 0 Å². The van der Waals surface area contributed by atoms with E-state index in [2.05, 4.69) is 24.2 Å². The summed E-state index contributed by atoms with van der Waals surface area (Å²) >= 11 is 0. The Labute approximate surface area is 125 Å². The summed E-state index contributed by atoms with van der Waals surface area (Å²) in [5, 5.41) is 4.12. The van der Waals surface area contributed by atoms with Crippen molar-refractivity contribution >= 4 is 5.97 Å². The van der Waals surface area contributed by atoms with Gasteiger partial charge in [0.1, 0.15) is 5.56 Å². The fraction of sp³-hybridized carbons (Fsp3) is 0.625. The van der Waals surface area contributed by atoms with Gasteiger partial charge in [0.25, 0.3) is 0 Å². The maximum absolute atomic E-state index is 11.9. The molecular formula is C16H24N2O3. The maximum Gasteiger partial charge on any atom is 0.341 e. The summed E-state index contributed by atoms with van der Waals surface area (Å²) in [6.07, 6.45) is 8.19. The van der Waals surface area contributed by atoms with Gasteiger partial charge < -0.3 is 9.47 Å². The molecule has 0 saturated carbocycles. The van der Waals surface area contributed by atoms with E-state index in [1.54, 1.807) is 17.8 Å². The van der Waals surface area contributed by atoms with Crippen molar-refractivity contribution in [1.82, 2.24) is 9.78 Å². The van der Waals surface area contributed by atoms with Gasteiger partial charge in [0, 0.05) is 7.05 Å². The molecule has 2 unspecified atom stereocenters. The van der Waals surface area contributed by atoms with Crippen LogP contribution in [0.1, 0.15) is 42.7 Å². The van der Waals surface area contributed by atoms with Gasteiger partial charge in [0.2, 0.25) is 0 Å². The lowest BCUT2D eigenvalue weighted by atomic mass is 9.85. The van der Waals surface area contributed by atoms with Gasteiger partial charge in [-0.15, -0.1) is 0 Å². The first-order chi connectivity index (χ1) is 10.1. The first-order valence-corrected chi connectivity index (χ1v) is 7.54. The van der Waals surface area contributed by atoms with Crippen LogP contribution in [-0.2, 0) is 23.1 Å². The van der Waals surface area contributed by atoms with Crippen LogP contribution in [0.3, 0.4) is 0 Å². The highest BCUT2D eigenvalue weighted by Gasteiger charge is 2.20. The van der Waals surface area contributed by atoms with Crippen molar-refractivity contribution in [2.75, 3.05) is 13.2 Å². The highest BCUT2D eigenvalue weighted by Crippen LogP contribution is 2.25. The Balaban J connectivity index is 1.92. The number of allylic oxidation sites excluding steroid dienone is 2. The van der Waals surface area contributed by atoms with E-state index in [0.29, 0.717) is 37.2 Å². The number of esters is 1. The highest BCUT2D eigenvalue weighted by molar-refractivity contribution is 5.90. The molecule has 0 aliphatic heterocycles. The van der Waals surface area contributed by atoms with Crippen LogP contribution in [-0.4, -0.2) is 29.0 Å². The van der Waals surface area contributed by atoms with Crippen LogP contribution in [0.15, 0.2) is 18.3 Å². The van der Waals surface area contributed by atoms with Gasteiger partial charge in [-0.05, 0) is 31.6 Å². The summed E-state index contributed by atoms with van der Waals surface area (Å²) in [5.41, 5.74) is 1.27. The van der Waals surface area contributed by atoms with E-state index in [1.807, 2.05) is 7.05 Å². The van der Waals surface area contributed by atoms with E-state index in [1.165, 1.54) is 0 Å². The van der Waals surface area contributed by atoms with E-state index in [4.69, 9.17) is 9.47 Å². The van der Waals surface area contributed by atoms with Crippen molar-refractivity contribution in [2.24, 2.45) is 18.9 Å². The number of nitrogens with zero attached hydrogens (tertiary/aromatic N) is 2. The van der Waals surface area contributed by atoms with Gasteiger partial charge in [-0.2, -0.15) is 5.10 Å². The number of hydrogen-bond donors (Lipinski definition) is 0. The molecule has 1 aliphatic rings. The van der Waals surface area contributed by atoms with Crippen LogP contribution >= 0.6 is 0 Å². The average molecular weight is 292 g/mol. The standard InChI is InChI=1S/C16H24N2O3/c1-4-21-16(19)14-9-17-18(3)15(14)11-20-10-13-8-6-5-7-12(13)2/h5-6,9,12-13H,4,7-8,10-11H2,1-3H3. The number of carbonyl (C=O) groups is 1. The second-order valence-electron chi connectivity index (χ2n) is 5.54. The predicted molar refractivity (Wildman–Crippen MR) is 79.8 cm³/mol. The first kappa shape index (κ1) is 15.8. The molecule has 0 N–H and O–H groups in total. The van der Waals surface area contributed by atoms with E-state index in [-0.39, 0.29) is 5.97 Å². The summed E-state index contributed by atoms with van der Waals surface area (Å²) in [7, 11) is 1.81. The molecule has 5 nitrogen and oxygen atoms in total. The number of ether oxygens (including phenoxy) is 2. The Morgan fingerprint density at radius 1 is 1.43 bits per heavy atom. The molecule has 0 amide bonds. The Hall–Kier alpha value is -1.62. The molecule has 1 heterocycles. The molecule has 1 aromatic rings. The van der Waals surface area contributed by atoms with Crippen LogP contribution < -0.4 is 0 Å². The average Bonchev–Trinajstić information content (AvgIpc) is 2.83. The first-order valence-electron chi connectivity index (χ1n) is 7.54. The van der Waals surface area contributed by atoms with Crippen molar-refractivity contribution < 1.29 is 14.3 Å². The van der Waals surface area contributed by atoms with Crippen molar-refractivity contribution in [3.05, 3.63) is 29.6 Å². The Bertz CT molecular complexity index is 508. The van der Waals surface area contributed by atoms with Crippen molar-refractivity contribution in [2.45, 2.75) is 33.3 Å². The minimum absolute atomic E-state index is 0.335. The monoisotopic (exact) mass is 292 g/mol. The molecule has 0 bridgehead atoms. The zero-order chi connectivity index (χ0) is 15.2. The zero-order valence-electron chi connectivity index (χ0n) is 13.0. The maximum atomic E-state index is 11.9. The van der Waals surface area contributed by atoms with Gasteiger partial charge in [-0.25, -0.2) is 4.79 Å². The molecule has 2 atom stereocenters. The number of carbonyl (C=O) groups excluding carboxylic acids is 1. The minimum Gasteiger partial charge on any atom is -0.462 e. The van der Waals surface area contributed by atoms with Gasteiger partial charge in [0.05, 0.1) is 31.7 Å². The third-order valence-electron chi connectivity index (χ3n) is 4.05. The molecule has 0 aromatic carbocycles. The van der Waals surface area contributed by atoms with Crippen molar-refractivity contribution in [3.63, 3.8) is 0 Å². The van der Waals surface area contributed by atoms with Crippen molar-refractivity contribution in [3.8, 4) is 0 Å². The van der Waals surface area contributed by atoms with Crippen LogP contribution in [0.5, 0.6) is 0 Å². The fourth-order valence-corrected chi connectivity index (χ4v) is 2.56. The predicted octanol–water partition coefficient (Wildman–Crippen LogP) is 2.72. The van der Waals surface area contributed by atoms with Crippen LogP contribution in [0.4, 0.5) is 0 Å². The molecule has 1 aromatic heterocycles. The summed E-state index contributed by atoms with van der Waals surface area (Å²) < 4.78 is 12.6. The van der Waals surface area contributed by atoms with Gasteiger partial charge in [-0.1, -0.05) is 19.1 Å². The largest absolute Gasteiger partial charge is 0.462 e. The zero-order valence-corrected chi connectivity index (χ0v) is 13.0. The number of aryl methyl sites for hydroxylation is 1. The molecule has 0 spiro atoms. The number of rotatable bonds is 6. The Morgan fingerprint density at radius 2 is 2.19 bits per heavy atom. The van der Waals surface area contributed by atoms with E-state index >= 15 is 0 Å². The number of aromatic nitrogens is 2. The molecule has 5 heteroatoms. The SMILES string of the molecule is CCOC(=O)c1cnn(C)c1COCC1CC=CCC1C. The molecule has 21 heavy (non-hydrogen) atoms. The lowest BCUT2D eigenvalue weighted by Gasteiger charge is -2.24. The second-order valence-corrected chi connectivity index (χ2v) is 5.54. The van der Waals surface area contributed by atoms with E-state index in [9.17, 15) is 4.79 Å². The Morgan fingerprint density at radius 3 is 2.90 bits per heavy atom. The highest BCUT2D eigenvalue weighted by atomic mass is 16.5. The summed E-state index contributed by atoms with van der Waals surface area (Å²) in [5.74, 6) is 0.860. The van der Waals surface area contributed by atoms with Gasteiger partial charge in [0.15, 0.2) is 0 Å². The normalized spacial score (nSPS) is 21.5. The molecule has 2 rings (SSSR count). The van der Waals surface area contributed by atoms with Crippen LogP contribution in [0, 0.1) is 11.8 Å². The fourth-order valence-electron chi connectivity index (χ4n) is 2.56. The molecular weight excluding hydrogens is 268 g/mol. The summed E-state index contributed by atoms with van der Waals surface area (Å²) in [4.78, 5) is 11.9. The molecule has 0 saturated heterocycles. The quantitative estimate of drug-likeness (QED) is 0.597. The molecule has 0 radical (unpaired) electrons. The third-order valence-corrected chi connectivity index (χ3v) is 4.05. The molecule has 1 aliphatic carbocycles. The number of hydrogen-bond acceptors (Lipinski definition) is 4. The topological polar surface area (TPSA) is 53.3 Å². The summed E-state index contributed by atoms with van der Waals surface area (Å²) in [6.45, 7) is 5.50. The smallest absolute Gasteiger partial charge is 0.341 e. The van der Waals surface area contributed by atoms with E-state index in [0.717, 1.165) is 18.5 Å². The lowest BCUT2D eigenvalue weighted by Crippen LogP contribution is -2.20. The van der Waals surface area contributed by atoms with Crippen LogP contribution in [0.25, 0.3) is 0 Å².